The van der Waals surface area contributed by atoms with Crippen LogP contribution in [0.2, 0.25) is 0 Å². The van der Waals surface area contributed by atoms with E-state index in [9.17, 15) is 19.0 Å². The molecule has 0 saturated carbocycles. The highest BCUT2D eigenvalue weighted by atomic mass is 31.1. The average Bonchev–Trinajstić information content (AvgIpc) is 3.16. The molecule has 0 radical (unpaired) electrons. The van der Waals surface area contributed by atoms with Crippen LogP contribution in [0.25, 0.3) is 22.3 Å². The Balaban J connectivity index is 1.77. The van der Waals surface area contributed by atoms with E-state index >= 15 is 0 Å². The first kappa shape index (κ1) is 21.7. The summed E-state index contributed by atoms with van der Waals surface area (Å²) >= 11 is 0. The van der Waals surface area contributed by atoms with E-state index in [4.69, 9.17) is 19.0 Å². The number of carbonyl (C=O) groups excluding carboxylic acids is 1. The molecule has 2 aliphatic rings. The van der Waals surface area contributed by atoms with Gasteiger partial charge in [-0.25, -0.2) is 9.78 Å². The summed E-state index contributed by atoms with van der Waals surface area (Å²) in [7, 11) is -1.49. The number of fused-ring (bicyclic) bond motifs is 5. The topological polar surface area (TPSA) is 117 Å². The first-order valence-electron chi connectivity index (χ1n) is 10.6. The minimum atomic E-state index is -3.12. The number of hydrogen-bond acceptors (Lipinski definition) is 7. The largest absolute Gasteiger partial charge is 0.696 e. The summed E-state index contributed by atoms with van der Waals surface area (Å²) in [5.41, 5.74) is 2.09. The number of esters is 1. The first-order chi connectivity index (χ1) is 15.8. The van der Waals surface area contributed by atoms with Gasteiger partial charge in [0.15, 0.2) is 0 Å². The summed E-state index contributed by atoms with van der Waals surface area (Å²) in [5, 5.41) is 0.864. The van der Waals surface area contributed by atoms with Crippen molar-refractivity contribution >= 4 is 25.1 Å². The van der Waals surface area contributed by atoms with Crippen molar-refractivity contribution < 1.29 is 28.3 Å². The second-order valence-electron chi connectivity index (χ2n) is 8.07. The molecule has 4 heterocycles. The molecule has 2 aliphatic heterocycles. The van der Waals surface area contributed by atoms with Crippen molar-refractivity contribution in [2.24, 2.45) is 0 Å². The highest BCUT2D eigenvalue weighted by Crippen LogP contribution is 2.45. The SMILES string of the molecule is CCc1ccc2nc3c(cc2c1OC)Cn1c-3cc2c(c1=O)COC(=O)[C@@]2(CC)O[P+](=O)O. The molecule has 0 fully saturated rings. The Morgan fingerprint density at radius 2 is 2.06 bits per heavy atom. The van der Waals surface area contributed by atoms with Crippen LogP contribution in [0.4, 0.5) is 0 Å². The summed E-state index contributed by atoms with van der Waals surface area (Å²) < 4.78 is 29.2. The quantitative estimate of drug-likeness (QED) is 0.350. The lowest BCUT2D eigenvalue weighted by Gasteiger charge is -2.31. The number of cyclic esters (lactones) is 1. The maximum absolute atomic E-state index is 13.4. The molecule has 10 heteroatoms. The van der Waals surface area contributed by atoms with Gasteiger partial charge in [-0.2, -0.15) is 0 Å². The number of ether oxygens (including phenoxy) is 2. The number of hydrogen-bond donors (Lipinski definition) is 1. The van der Waals surface area contributed by atoms with E-state index in [1.165, 1.54) is 0 Å². The molecule has 3 aromatic rings. The van der Waals surface area contributed by atoms with E-state index in [0.29, 0.717) is 17.9 Å². The Morgan fingerprint density at radius 3 is 2.73 bits per heavy atom. The zero-order chi connectivity index (χ0) is 23.5. The fraction of sp³-hybridized carbons (Fsp3) is 0.348. The summed E-state index contributed by atoms with van der Waals surface area (Å²) in [6.07, 6.45) is 0.835. The van der Waals surface area contributed by atoms with Crippen molar-refractivity contribution in [2.75, 3.05) is 7.11 Å². The van der Waals surface area contributed by atoms with Crippen molar-refractivity contribution in [3.8, 4) is 17.1 Å². The van der Waals surface area contributed by atoms with Gasteiger partial charge in [-0.1, -0.05) is 24.4 Å². The lowest BCUT2D eigenvalue weighted by molar-refractivity contribution is -0.169. The molecule has 9 nitrogen and oxygen atoms in total. The number of benzene rings is 1. The van der Waals surface area contributed by atoms with Crippen molar-refractivity contribution in [2.45, 2.75) is 45.4 Å². The number of nitrogens with zero attached hydrogens (tertiary/aromatic N) is 2. The second-order valence-corrected chi connectivity index (χ2v) is 8.73. The molecule has 170 valence electrons. The molecule has 2 aromatic heterocycles. The van der Waals surface area contributed by atoms with Crippen LogP contribution >= 0.6 is 8.25 Å². The third kappa shape index (κ3) is 3.04. The van der Waals surface area contributed by atoms with Crippen LogP contribution in [0.5, 0.6) is 5.75 Å². The van der Waals surface area contributed by atoms with Crippen LogP contribution in [-0.2, 0) is 43.8 Å². The Hall–Kier alpha value is -3.13. The van der Waals surface area contributed by atoms with E-state index in [-0.39, 0.29) is 29.7 Å². The van der Waals surface area contributed by atoms with Crippen molar-refractivity contribution in [1.29, 1.82) is 0 Å². The lowest BCUT2D eigenvalue weighted by atomic mass is 9.86. The zero-order valence-electron chi connectivity index (χ0n) is 18.4. The van der Waals surface area contributed by atoms with Gasteiger partial charge in [-0.3, -0.25) is 4.79 Å². The lowest BCUT2D eigenvalue weighted by Crippen LogP contribution is -2.45. The molecule has 1 N–H and O–H groups in total. The molecule has 0 aliphatic carbocycles. The fourth-order valence-electron chi connectivity index (χ4n) is 4.86. The van der Waals surface area contributed by atoms with E-state index in [1.807, 2.05) is 18.2 Å². The maximum Gasteiger partial charge on any atom is 0.696 e. The smallest absolute Gasteiger partial charge is 0.496 e. The van der Waals surface area contributed by atoms with Crippen LogP contribution in [0.15, 0.2) is 29.1 Å². The highest BCUT2D eigenvalue weighted by molar-refractivity contribution is 7.32. The Kier molecular flexibility index (Phi) is 5.08. The standard InChI is InChI=1S/C23H21N2O7P/c1-4-12-6-7-17-14(20(12)30-3)8-13-10-25-18(19(13)24-17)9-16-15(21(25)26)11-31-22(27)23(16,5-2)32-33(28)29/h6-9H,4-5,10-11H2,1-3H3/p+1/t23-/m0/s1. The molecule has 0 amide bonds. The highest BCUT2D eigenvalue weighted by Gasteiger charge is 2.54. The third-order valence-corrected chi connectivity index (χ3v) is 6.98. The van der Waals surface area contributed by atoms with Gasteiger partial charge < -0.3 is 14.0 Å². The summed E-state index contributed by atoms with van der Waals surface area (Å²) in [6.45, 7) is 3.77. The van der Waals surface area contributed by atoms with Crippen LogP contribution in [0.1, 0.15) is 42.5 Å². The van der Waals surface area contributed by atoms with Gasteiger partial charge in [0.05, 0.1) is 36.1 Å². The molecule has 1 aromatic carbocycles. The van der Waals surface area contributed by atoms with Crippen molar-refractivity contribution in [3.63, 3.8) is 0 Å². The normalized spacial score (nSPS) is 19.0. The minimum Gasteiger partial charge on any atom is -0.496 e. The maximum atomic E-state index is 13.4. The summed E-state index contributed by atoms with van der Waals surface area (Å²) in [4.78, 5) is 40.4. The number of aryl methyl sites for hydroxylation is 1. The van der Waals surface area contributed by atoms with Crippen LogP contribution < -0.4 is 10.3 Å². The molecular formula is C23H22N2O7P+. The number of pyridine rings is 2. The van der Waals surface area contributed by atoms with Crippen molar-refractivity contribution in [3.05, 3.63) is 56.9 Å². The zero-order valence-corrected chi connectivity index (χ0v) is 19.3. The molecule has 33 heavy (non-hydrogen) atoms. The molecule has 1 unspecified atom stereocenters. The number of aromatic nitrogens is 2. The molecule has 5 rings (SSSR count). The Morgan fingerprint density at radius 1 is 1.27 bits per heavy atom. The predicted molar refractivity (Wildman–Crippen MR) is 119 cm³/mol. The average molecular weight is 469 g/mol. The van der Waals surface area contributed by atoms with E-state index in [1.54, 1.807) is 24.7 Å². The molecule has 0 spiro atoms. The fourth-order valence-corrected chi connectivity index (χ4v) is 5.43. The Labute approximate surface area is 189 Å². The summed E-state index contributed by atoms with van der Waals surface area (Å²) in [6, 6.07) is 7.54. The van der Waals surface area contributed by atoms with Crippen LogP contribution in [0, 0.1) is 0 Å². The van der Waals surface area contributed by atoms with Gasteiger partial charge in [-0.15, -0.1) is 4.89 Å². The number of carbonyl (C=O) groups is 1. The monoisotopic (exact) mass is 469 g/mol. The third-order valence-electron chi connectivity index (χ3n) is 6.51. The van der Waals surface area contributed by atoms with Gasteiger partial charge in [0.2, 0.25) is 5.60 Å². The first-order valence-corrected chi connectivity index (χ1v) is 11.8. The van der Waals surface area contributed by atoms with Crippen LogP contribution in [-0.4, -0.2) is 27.5 Å². The van der Waals surface area contributed by atoms with Gasteiger partial charge in [0.1, 0.15) is 12.4 Å². The summed E-state index contributed by atoms with van der Waals surface area (Å²) in [5.74, 6) is -0.0298. The molecule has 0 saturated heterocycles. The van der Waals surface area contributed by atoms with E-state index in [0.717, 1.165) is 34.2 Å². The number of rotatable bonds is 5. The molecule has 2 atom stereocenters. The van der Waals surface area contributed by atoms with Gasteiger partial charge >= 0.3 is 14.2 Å². The second kappa shape index (κ2) is 7.73. The van der Waals surface area contributed by atoms with Gasteiger partial charge in [-0.05, 0) is 36.6 Å². The van der Waals surface area contributed by atoms with Gasteiger partial charge in [0, 0.05) is 21.1 Å². The molecular weight excluding hydrogens is 447 g/mol. The molecule has 0 bridgehead atoms. The van der Waals surface area contributed by atoms with Crippen LogP contribution in [0.3, 0.4) is 0 Å². The van der Waals surface area contributed by atoms with Crippen molar-refractivity contribution in [1.82, 2.24) is 9.55 Å². The predicted octanol–water partition coefficient (Wildman–Crippen LogP) is 3.32. The van der Waals surface area contributed by atoms with E-state index < -0.39 is 19.8 Å². The number of methoxy groups -OCH3 is 1. The van der Waals surface area contributed by atoms with Gasteiger partial charge in [0.25, 0.3) is 5.56 Å². The minimum absolute atomic E-state index is 0.0262. The Bertz CT molecular complexity index is 1410. The van der Waals surface area contributed by atoms with E-state index in [2.05, 4.69) is 6.92 Å².